The van der Waals surface area contributed by atoms with Gasteiger partial charge in [-0.2, -0.15) is 0 Å². The van der Waals surface area contributed by atoms with Gasteiger partial charge in [0, 0.05) is 0 Å². The molecule has 0 saturated heterocycles. The van der Waals surface area contributed by atoms with Gasteiger partial charge >= 0.3 is 11.9 Å². The van der Waals surface area contributed by atoms with Gasteiger partial charge < -0.3 is 14.9 Å². The molecule has 3 aromatic carbocycles. The van der Waals surface area contributed by atoms with E-state index in [0.717, 1.165) is 34.3 Å². The first-order valence-electron chi connectivity index (χ1n) is 8.87. The van der Waals surface area contributed by atoms with Crippen molar-refractivity contribution in [2.45, 2.75) is 0 Å². The molecule has 0 spiro atoms. The minimum atomic E-state index is -1.35. The largest absolute Gasteiger partial charge is 0.497 e. The monoisotopic (exact) mass is 426 g/mol. The topological polar surface area (TPSA) is 142 Å². The quantitative estimate of drug-likeness (QED) is 0.331. The highest BCUT2D eigenvalue weighted by Crippen LogP contribution is 2.35. The van der Waals surface area contributed by atoms with Crippen molar-refractivity contribution in [1.29, 1.82) is 0 Å². The lowest BCUT2D eigenvalue weighted by molar-refractivity contribution is 0.0682. The van der Waals surface area contributed by atoms with Crippen molar-refractivity contribution in [3.8, 4) is 5.75 Å². The zero-order valence-corrected chi connectivity index (χ0v) is 16.3. The van der Waals surface area contributed by atoms with E-state index in [1.807, 2.05) is 0 Å². The zero-order chi connectivity index (χ0) is 22.7. The number of anilines is 4. The summed E-state index contributed by atoms with van der Waals surface area (Å²) in [4.78, 5) is 23.9. The molecule has 160 valence electrons. The van der Waals surface area contributed by atoms with Gasteiger partial charge in [0.2, 0.25) is 0 Å². The molecule has 0 bridgehead atoms. The summed E-state index contributed by atoms with van der Waals surface area (Å²) in [6, 6.07) is 13.6. The molecule has 6 N–H and O–H groups in total. The predicted octanol–water partition coefficient (Wildman–Crippen LogP) is 3.25. The Labute approximate surface area is 176 Å². The molecule has 9 nitrogen and oxygen atoms in total. The highest BCUT2D eigenvalue weighted by Gasteiger charge is 2.24. The van der Waals surface area contributed by atoms with Crippen LogP contribution in [0.25, 0.3) is 0 Å². The molecule has 0 fully saturated rings. The third kappa shape index (κ3) is 4.39. The third-order valence-electron chi connectivity index (χ3n) is 4.55. The summed E-state index contributed by atoms with van der Waals surface area (Å²) in [6.07, 6.45) is 0. The third-order valence-corrected chi connectivity index (χ3v) is 4.55. The molecular formula is C21H19FN4O5. The number of carboxylic acids is 2. The fraction of sp³-hybridized carbons (Fsp3) is 0.0476. The zero-order valence-electron chi connectivity index (χ0n) is 16.3. The van der Waals surface area contributed by atoms with Crippen LogP contribution in [-0.4, -0.2) is 29.3 Å². The minimum absolute atomic E-state index is 0.0636. The Hall–Kier alpha value is -4.15. The highest BCUT2D eigenvalue weighted by atomic mass is 19.1. The fourth-order valence-electron chi connectivity index (χ4n) is 2.94. The number of aromatic carboxylic acids is 2. The molecule has 31 heavy (non-hydrogen) atoms. The number of hydrazine groups is 2. The van der Waals surface area contributed by atoms with E-state index in [0.29, 0.717) is 11.4 Å². The van der Waals surface area contributed by atoms with Crippen LogP contribution in [0.4, 0.5) is 27.1 Å². The minimum Gasteiger partial charge on any atom is -0.497 e. The van der Waals surface area contributed by atoms with E-state index in [4.69, 9.17) is 16.4 Å². The number of hydrogen-bond acceptors (Lipinski definition) is 7. The maximum atomic E-state index is 13.2. The van der Waals surface area contributed by atoms with Gasteiger partial charge in [-0.1, -0.05) is 0 Å². The lowest BCUT2D eigenvalue weighted by Crippen LogP contribution is -2.30. The number of carboxylic acid groups (broad SMARTS) is 2. The van der Waals surface area contributed by atoms with Crippen molar-refractivity contribution in [2.75, 3.05) is 17.1 Å². The number of halogens is 1. The van der Waals surface area contributed by atoms with Gasteiger partial charge in [0.1, 0.15) is 11.6 Å². The van der Waals surface area contributed by atoms with E-state index in [9.17, 15) is 24.2 Å². The number of ether oxygens (including phenoxy) is 1. The Balaban J connectivity index is 2.14. The Morgan fingerprint density at radius 2 is 1.19 bits per heavy atom. The maximum absolute atomic E-state index is 13.2. The van der Waals surface area contributed by atoms with Crippen molar-refractivity contribution in [3.63, 3.8) is 0 Å². The molecule has 0 atom stereocenters. The fourth-order valence-corrected chi connectivity index (χ4v) is 2.94. The van der Waals surface area contributed by atoms with Crippen LogP contribution < -0.4 is 26.4 Å². The molecule has 0 heterocycles. The summed E-state index contributed by atoms with van der Waals surface area (Å²) in [5.41, 5.74) is -0.0929. The predicted molar refractivity (Wildman–Crippen MR) is 112 cm³/mol. The average Bonchev–Trinajstić information content (AvgIpc) is 2.77. The van der Waals surface area contributed by atoms with Crippen LogP contribution in [0.15, 0.2) is 60.7 Å². The van der Waals surface area contributed by atoms with E-state index in [1.165, 1.54) is 19.2 Å². The molecule has 0 aliphatic rings. The summed E-state index contributed by atoms with van der Waals surface area (Å²) in [7, 11) is 1.50. The normalized spacial score (nSPS) is 10.5. The number of hydrogen-bond donors (Lipinski definition) is 4. The highest BCUT2D eigenvalue weighted by molar-refractivity contribution is 6.03. The number of benzene rings is 3. The van der Waals surface area contributed by atoms with Gasteiger partial charge in [0.05, 0.1) is 41.0 Å². The van der Waals surface area contributed by atoms with Gasteiger partial charge in [-0.15, -0.1) is 0 Å². The number of rotatable bonds is 7. The molecule has 0 saturated carbocycles. The SMILES string of the molecule is COc1ccc(N(N)c2cc(C(=O)O)c(N(N)c3ccc(F)cc3)cc2C(=O)O)cc1. The van der Waals surface area contributed by atoms with Crippen LogP contribution in [0, 0.1) is 5.82 Å². The first-order chi connectivity index (χ1) is 14.7. The Morgan fingerprint density at radius 3 is 1.55 bits per heavy atom. The summed E-state index contributed by atoms with van der Waals surface area (Å²) in [5, 5.41) is 21.5. The average molecular weight is 426 g/mol. The van der Waals surface area contributed by atoms with Crippen molar-refractivity contribution in [1.82, 2.24) is 0 Å². The van der Waals surface area contributed by atoms with E-state index in [1.54, 1.807) is 24.3 Å². The van der Waals surface area contributed by atoms with Crippen LogP contribution in [0.5, 0.6) is 5.75 Å². The second-order valence-corrected chi connectivity index (χ2v) is 6.41. The molecule has 0 amide bonds. The lowest BCUT2D eigenvalue weighted by Gasteiger charge is -2.25. The van der Waals surface area contributed by atoms with Crippen molar-refractivity contribution >= 4 is 34.7 Å². The number of nitrogens with zero attached hydrogens (tertiary/aromatic N) is 2. The first kappa shape index (κ1) is 21.6. The molecule has 10 heteroatoms. The first-order valence-corrected chi connectivity index (χ1v) is 8.87. The maximum Gasteiger partial charge on any atom is 0.337 e. The molecular weight excluding hydrogens is 407 g/mol. The van der Waals surface area contributed by atoms with Crippen LogP contribution in [0.3, 0.4) is 0 Å². The van der Waals surface area contributed by atoms with Crippen LogP contribution in [0.2, 0.25) is 0 Å². The Morgan fingerprint density at radius 1 is 0.806 bits per heavy atom. The summed E-state index contributed by atoms with van der Waals surface area (Å²) < 4.78 is 18.3. The van der Waals surface area contributed by atoms with Crippen LogP contribution in [0.1, 0.15) is 20.7 Å². The second kappa shape index (κ2) is 8.69. The molecule has 3 rings (SSSR count). The van der Waals surface area contributed by atoms with Gasteiger partial charge in [-0.05, 0) is 60.7 Å². The van der Waals surface area contributed by atoms with Crippen molar-refractivity contribution in [2.24, 2.45) is 11.7 Å². The van der Waals surface area contributed by atoms with Gasteiger partial charge in [0.25, 0.3) is 0 Å². The number of methoxy groups -OCH3 is 1. The van der Waals surface area contributed by atoms with E-state index in [-0.39, 0.29) is 28.2 Å². The van der Waals surface area contributed by atoms with Gasteiger partial charge in [-0.25, -0.2) is 25.7 Å². The lowest BCUT2D eigenvalue weighted by atomic mass is 10.0. The van der Waals surface area contributed by atoms with Crippen molar-refractivity contribution < 1.29 is 28.9 Å². The Bertz CT molecular complexity index is 1120. The van der Waals surface area contributed by atoms with Crippen LogP contribution in [-0.2, 0) is 0 Å². The van der Waals surface area contributed by atoms with E-state index in [2.05, 4.69) is 0 Å². The standard InChI is InChI=1S/C21H19FN4O5/c1-31-15-8-6-14(7-9-15)26(24)19-11-16(20(27)28)18(10-17(19)21(29)30)25(23)13-4-2-12(22)3-5-13/h2-11H,23-24H2,1H3,(H,27,28)(H,29,30). The van der Waals surface area contributed by atoms with Gasteiger partial charge in [-0.3, -0.25) is 10.0 Å². The molecule has 0 aliphatic heterocycles. The summed E-state index contributed by atoms with van der Waals surface area (Å²) in [6.45, 7) is 0. The van der Waals surface area contributed by atoms with Crippen molar-refractivity contribution in [3.05, 3.63) is 77.6 Å². The number of nitrogens with two attached hydrogens (primary N) is 2. The summed E-state index contributed by atoms with van der Waals surface area (Å²) in [5.74, 6) is 9.52. The second-order valence-electron chi connectivity index (χ2n) is 6.41. The molecule has 0 aliphatic carbocycles. The molecule has 3 aromatic rings. The Kier molecular flexibility index (Phi) is 6.05. The molecule has 0 radical (unpaired) electrons. The van der Waals surface area contributed by atoms with Crippen LogP contribution >= 0.6 is 0 Å². The van der Waals surface area contributed by atoms with E-state index < -0.39 is 17.8 Å². The molecule has 0 aromatic heterocycles. The summed E-state index contributed by atoms with van der Waals surface area (Å²) >= 11 is 0. The van der Waals surface area contributed by atoms with E-state index >= 15 is 0 Å². The smallest absolute Gasteiger partial charge is 0.337 e. The molecule has 0 unspecified atom stereocenters. The number of carbonyl (C=O) groups is 2. The van der Waals surface area contributed by atoms with Gasteiger partial charge in [0.15, 0.2) is 0 Å².